The molecule has 22 heavy (non-hydrogen) atoms. The van der Waals surface area contributed by atoms with Crippen molar-refractivity contribution in [2.45, 2.75) is 26.5 Å². The highest BCUT2D eigenvalue weighted by Gasteiger charge is 2.10. The molecular weight excluding hydrogens is 274 g/mol. The second-order valence-electron chi connectivity index (χ2n) is 5.05. The Hall–Kier alpha value is -2.80. The first-order chi connectivity index (χ1) is 10.8. The van der Waals surface area contributed by atoms with Gasteiger partial charge < -0.3 is 9.30 Å². The number of rotatable bonds is 5. The van der Waals surface area contributed by atoms with Gasteiger partial charge in [-0.05, 0) is 36.2 Å². The van der Waals surface area contributed by atoms with Gasteiger partial charge in [0.25, 0.3) is 0 Å². The van der Waals surface area contributed by atoms with Crippen LogP contribution in [0.25, 0.3) is 11.0 Å². The molecule has 0 aliphatic rings. The van der Waals surface area contributed by atoms with Crippen molar-refractivity contribution in [1.82, 2.24) is 9.55 Å². The fraction of sp³-hybridized carbons (Fsp3) is 0.222. The third-order valence-electron chi connectivity index (χ3n) is 3.64. The summed E-state index contributed by atoms with van der Waals surface area (Å²) in [4.78, 5) is 4.58. The third kappa shape index (κ3) is 2.79. The third-order valence-corrected chi connectivity index (χ3v) is 3.64. The monoisotopic (exact) mass is 291 g/mol. The molecule has 2 aromatic carbocycles. The van der Waals surface area contributed by atoms with Crippen LogP contribution in [0.2, 0.25) is 0 Å². The Kier molecular flexibility index (Phi) is 4.06. The number of aryl methyl sites for hydroxylation is 1. The van der Waals surface area contributed by atoms with Crippen LogP contribution in [0, 0.1) is 11.3 Å². The van der Waals surface area contributed by atoms with Crippen molar-refractivity contribution in [3.05, 3.63) is 59.9 Å². The van der Waals surface area contributed by atoms with Gasteiger partial charge in [0, 0.05) is 0 Å². The predicted molar refractivity (Wildman–Crippen MR) is 85.5 cm³/mol. The van der Waals surface area contributed by atoms with Crippen molar-refractivity contribution >= 4 is 11.0 Å². The molecule has 4 nitrogen and oxygen atoms in total. The molecule has 0 unspecified atom stereocenters. The summed E-state index contributed by atoms with van der Waals surface area (Å²) in [5.74, 6) is 1.60. The van der Waals surface area contributed by atoms with Gasteiger partial charge in [-0.3, -0.25) is 0 Å². The summed E-state index contributed by atoms with van der Waals surface area (Å²) < 4.78 is 7.76. The van der Waals surface area contributed by atoms with Crippen molar-refractivity contribution in [3.8, 4) is 11.8 Å². The highest BCUT2D eigenvalue weighted by molar-refractivity contribution is 5.75. The highest BCUT2D eigenvalue weighted by Crippen LogP contribution is 2.19. The zero-order valence-corrected chi connectivity index (χ0v) is 12.5. The average Bonchev–Trinajstić information content (AvgIpc) is 2.91. The Labute approximate surface area is 129 Å². The maximum atomic E-state index is 9.04. The summed E-state index contributed by atoms with van der Waals surface area (Å²) in [5, 5.41) is 9.04. The molecule has 3 aromatic rings. The van der Waals surface area contributed by atoms with Gasteiger partial charge in [-0.1, -0.05) is 31.2 Å². The molecule has 0 saturated carbocycles. The molecule has 0 amide bonds. The number of hydrogen-bond acceptors (Lipinski definition) is 3. The van der Waals surface area contributed by atoms with Crippen LogP contribution in [0.1, 0.15) is 18.3 Å². The summed E-state index contributed by atoms with van der Waals surface area (Å²) in [5.41, 5.74) is 3.09. The van der Waals surface area contributed by atoms with E-state index in [0.29, 0.717) is 6.61 Å². The molecule has 1 aromatic heterocycles. The lowest BCUT2D eigenvalue weighted by atomic mass is 10.2. The molecule has 0 aliphatic carbocycles. The maximum Gasteiger partial charge on any atom is 0.148 e. The first-order valence-corrected chi connectivity index (χ1v) is 7.34. The van der Waals surface area contributed by atoms with Gasteiger partial charge >= 0.3 is 0 Å². The first kappa shape index (κ1) is 14.2. The van der Waals surface area contributed by atoms with E-state index in [-0.39, 0.29) is 6.54 Å². The van der Waals surface area contributed by atoms with Crippen LogP contribution in [0.3, 0.4) is 0 Å². The van der Waals surface area contributed by atoms with E-state index in [9.17, 15) is 0 Å². The van der Waals surface area contributed by atoms with Gasteiger partial charge in [-0.15, -0.1) is 0 Å². The fourth-order valence-electron chi connectivity index (χ4n) is 2.49. The van der Waals surface area contributed by atoms with Crippen LogP contribution in [0.5, 0.6) is 5.75 Å². The van der Waals surface area contributed by atoms with Crippen molar-refractivity contribution in [2.24, 2.45) is 0 Å². The largest absolute Gasteiger partial charge is 0.486 e. The van der Waals surface area contributed by atoms with E-state index < -0.39 is 0 Å². The van der Waals surface area contributed by atoms with Crippen LogP contribution in [0.4, 0.5) is 0 Å². The van der Waals surface area contributed by atoms with E-state index >= 15 is 0 Å². The second-order valence-corrected chi connectivity index (χ2v) is 5.05. The minimum atomic E-state index is 0.272. The van der Waals surface area contributed by atoms with Crippen molar-refractivity contribution < 1.29 is 4.74 Å². The van der Waals surface area contributed by atoms with Crippen molar-refractivity contribution in [1.29, 1.82) is 5.26 Å². The normalized spacial score (nSPS) is 10.5. The fourth-order valence-corrected chi connectivity index (χ4v) is 2.49. The number of aromatic nitrogens is 2. The first-order valence-electron chi connectivity index (χ1n) is 7.34. The molecule has 0 saturated heterocycles. The molecule has 110 valence electrons. The zero-order valence-electron chi connectivity index (χ0n) is 12.5. The number of para-hydroxylation sites is 2. The quantitative estimate of drug-likeness (QED) is 0.720. The molecular formula is C18H17N3O. The molecule has 0 fully saturated rings. The second kappa shape index (κ2) is 6.31. The topological polar surface area (TPSA) is 50.8 Å². The zero-order chi connectivity index (χ0) is 15.4. The molecule has 0 N–H and O–H groups in total. The SMILES string of the molecule is CCc1cccc(OCc2nc3ccccc3n2CC#N)c1. The van der Waals surface area contributed by atoms with E-state index in [2.05, 4.69) is 24.0 Å². The molecule has 3 rings (SSSR count). The summed E-state index contributed by atoms with van der Waals surface area (Å²) in [6.07, 6.45) is 0.976. The van der Waals surface area contributed by atoms with Gasteiger partial charge in [0.15, 0.2) is 0 Å². The van der Waals surface area contributed by atoms with E-state index in [4.69, 9.17) is 10.00 Å². The Balaban J connectivity index is 1.87. The molecule has 0 bridgehead atoms. The number of benzene rings is 2. The number of fused-ring (bicyclic) bond motifs is 1. The smallest absolute Gasteiger partial charge is 0.148 e. The molecule has 0 atom stereocenters. The lowest BCUT2D eigenvalue weighted by Crippen LogP contribution is -2.06. The van der Waals surface area contributed by atoms with Crippen LogP contribution in [-0.2, 0) is 19.6 Å². The Morgan fingerprint density at radius 3 is 2.86 bits per heavy atom. The molecule has 0 spiro atoms. The van der Waals surface area contributed by atoms with E-state index in [1.54, 1.807) is 0 Å². The number of hydrogen-bond donors (Lipinski definition) is 0. The number of nitriles is 1. The van der Waals surface area contributed by atoms with Crippen molar-refractivity contribution in [2.75, 3.05) is 0 Å². The number of ether oxygens (including phenoxy) is 1. The van der Waals surface area contributed by atoms with Gasteiger partial charge in [0.2, 0.25) is 0 Å². The van der Waals surface area contributed by atoms with E-state index in [1.165, 1.54) is 5.56 Å². The molecule has 0 radical (unpaired) electrons. The van der Waals surface area contributed by atoms with Crippen LogP contribution >= 0.6 is 0 Å². The Morgan fingerprint density at radius 1 is 1.18 bits per heavy atom. The van der Waals surface area contributed by atoms with Crippen LogP contribution < -0.4 is 4.74 Å². The summed E-state index contributed by atoms with van der Waals surface area (Å²) in [6, 6.07) is 18.1. The standard InChI is InChI=1S/C18H17N3O/c1-2-14-6-5-7-15(12-14)22-13-18-20-16-8-3-4-9-17(16)21(18)11-10-19/h3-9,12H,2,11,13H2,1H3. The van der Waals surface area contributed by atoms with Crippen LogP contribution in [0.15, 0.2) is 48.5 Å². The summed E-state index contributed by atoms with van der Waals surface area (Å²) >= 11 is 0. The maximum absolute atomic E-state index is 9.04. The highest BCUT2D eigenvalue weighted by atomic mass is 16.5. The van der Waals surface area contributed by atoms with Crippen LogP contribution in [-0.4, -0.2) is 9.55 Å². The molecule has 4 heteroatoms. The number of imidazole rings is 1. The van der Waals surface area contributed by atoms with E-state index in [1.807, 2.05) is 47.0 Å². The van der Waals surface area contributed by atoms with Gasteiger partial charge in [0.1, 0.15) is 24.7 Å². The predicted octanol–water partition coefficient (Wildman–Crippen LogP) is 3.70. The minimum absolute atomic E-state index is 0.272. The lowest BCUT2D eigenvalue weighted by Gasteiger charge is -2.08. The number of nitrogens with zero attached hydrogens (tertiary/aromatic N) is 3. The molecule has 0 aliphatic heterocycles. The average molecular weight is 291 g/mol. The summed E-state index contributed by atoms with van der Waals surface area (Å²) in [7, 11) is 0. The van der Waals surface area contributed by atoms with Gasteiger partial charge in [0.05, 0.1) is 17.1 Å². The van der Waals surface area contributed by atoms with E-state index in [0.717, 1.165) is 29.0 Å². The minimum Gasteiger partial charge on any atom is -0.486 e. The summed E-state index contributed by atoms with van der Waals surface area (Å²) in [6.45, 7) is 2.74. The Morgan fingerprint density at radius 2 is 2.05 bits per heavy atom. The Bertz CT molecular complexity index is 830. The lowest BCUT2D eigenvalue weighted by molar-refractivity contribution is 0.291. The molecule has 1 heterocycles. The van der Waals surface area contributed by atoms with Gasteiger partial charge in [-0.25, -0.2) is 4.98 Å². The van der Waals surface area contributed by atoms with Gasteiger partial charge in [-0.2, -0.15) is 5.26 Å². The van der Waals surface area contributed by atoms with Crippen molar-refractivity contribution in [3.63, 3.8) is 0 Å².